The summed E-state index contributed by atoms with van der Waals surface area (Å²) in [5.41, 5.74) is 3.89. The summed E-state index contributed by atoms with van der Waals surface area (Å²) in [6, 6.07) is 8.00. The Morgan fingerprint density at radius 2 is 2.21 bits per heavy atom. The van der Waals surface area contributed by atoms with Gasteiger partial charge in [0.15, 0.2) is 0 Å². The van der Waals surface area contributed by atoms with Crippen LogP contribution in [0.25, 0.3) is 22.3 Å². The molecular formula is C24H25N9O. The number of pyridine rings is 1. The van der Waals surface area contributed by atoms with Gasteiger partial charge >= 0.3 is 0 Å². The molecule has 0 saturated carbocycles. The van der Waals surface area contributed by atoms with Crippen LogP contribution in [-0.4, -0.2) is 67.7 Å². The van der Waals surface area contributed by atoms with E-state index in [2.05, 4.69) is 36.0 Å². The summed E-state index contributed by atoms with van der Waals surface area (Å²) in [6.07, 6.45) is 10.1. The summed E-state index contributed by atoms with van der Waals surface area (Å²) in [7, 11) is 3.44. The van der Waals surface area contributed by atoms with Gasteiger partial charge in [0.05, 0.1) is 30.4 Å². The van der Waals surface area contributed by atoms with Crippen LogP contribution in [-0.2, 0) is 0 Å². The van der Waals surface area contributed by atoms with E-state index < -0.39 is 0 Å². The minimum absolute atomic E-state index is 0.0583. The number of hydrogen-bond donors (Lipinski definition) is 1. The van der Waals surface area contributed by atoms with E-state index in [1.165, 1.54) is 11.2 Å². The molecule has 1 aliphatic rings. The van der Waals surface area contributed by atoms with Gasteiger partial charge in [-0.2, -0.15) is 10.4 Å². The molecule has 4 aromatic rings. The molecule has 34 heavy (non-hydrogen) atoms. The first-order valence-corrected chi connectivity index (χ1v) is 11.2. The van der Waals surface area contributed by atoms with E-state index >= 15 is 0 Å². The normalized spacial score (nSPS) is 16.5. The molecule has 1 amide bonds. The standard InChI is InChI=1S/C24H25N9O/c1-31(2)24(34)20-11-18(4-8-26-20)32-10-6-16(13-32)21(3-7-25)33-14-17(12-30-33)22-19-5-9-27-23(19)29-15-28-22/h4-5,8-9,11-12,14-16,21H,3,6,10,13H2,1-2H3,(H,27,28,29). The van der Waals surface area contributed by atoms with E-state index in [4.69, 9.17) is 0 Å². The lowest BCUT2D eigenvalue weighted by Crippen LogP contribution is -2.26. The highest BCUT2D eigenvalue weighted by molar-refractivity contribution is 5.93. The van der Waals surface area contributed by atoms with Crippen LogP contribution in [0.4, 0.5) is 5.69 Å². The fraction of sp³-hybridized carbons (Fsp3) is 0.333. The molecule has 1 aliphatic heterocycles. The number of carbonyl (C=O) groups excluding carboxylic acids is 1. The molecule has 1 saturated heterocycles. The topological polar surface area (TPSA) is 120 Å². The number of amides is 1. The van der Waals surface area contributed by atoms with Gasteiger partial charge in [0.1, 0.15) is 17.7 Å². The van der Waals surface area contributed by atoms with E-state index in [1.807, 2.05) is 35.3 Å². The molecule has 2 unspecified atom stereocenters. The summed E-state index contributed by atoms with van der Waals surface area (Å²) >= 11 is 0. The van der Waals surface area contributed by atoms with Gasteiger partial charge in [-0.3, -0.25) is 14.5 Å². The van der Waals surface area contributed by atoms with Crippen molar-refractivity contribution in [1.82, 2.24) is 34.6 Å². The maximum atomic E-state index is 12.3. The van der Waals surface area contributed by atoms with E-state index in [1.54, 1.807) is 26.5 Å². The van der Waals surface area contributed by atoms with Crippen LogP contribution in [0.3, 0.4) is 0 Å². The zero-order valence-corrected chi connectivity index (χ0v) is 19.1. The SMILES string of the molecule is CN(C)C(=O)c1cc(N2CCC(C(CC#N)n3cc(-c4ncnc5[nH]ccc45)cn3)C2)ccn1. The molecule has 172 valence electrons. The average Bonchev–Trinajstić information content (AvgIpc) is 3.62. The summed E-state index contributed by atoms with van der Waals surface area (Å²) in [5, 5.41) is 15.1. The van der Waals surface area contributed by atoms with Crippen molar-refractivity contribution in [3.05, 3.63) is 55.0 Å². The number of aromatic nitrogens is 6. The number of rotatable bonds is 6. The van der Waals surface area contributed by atoms with Gasteiger partial charge in [-0.1, -0.05) is 0 Å². The summed E-state index contributed by atoms with van der Waals surface area (Å²) in [5.74, 6) is 0.122. The van der Waals surface area contributed by atoms with E-state index in [-0.39, 0.29) is 17.9 Å². The number of nitrogens with zero attached hydrogens (tertiary/aromatic N) is 8. The van der Waals surface area contributed by atoms with Gasteiger partial charge in [-0.05, 0) is 24.6 Å². The molecule has 0 aliphatic carbocycles. The first-order valence-electron chi connectivity index (χ1n) is 11.2. The first kappa shape index (κ1) is 21.6. The van der Waals surface area contributed by atoms with Crippen molar-refractivity contribution in [3.63, 3.8) is 0 Å². The molecule has 0 aromatic carbocycles. The molecular weight excluding hydrogens is 430 g/mol. The maximum Gasteiger partial charge on any atom is 0.272 e. The Balaban J connectivity index is 1.37. The van der Waals surface area contributed by atoms with E-state index in [0.29, 0.717) is 12.1 Å². The Morgan fingerprint density at radius 1 is 1.32 bits per heavy atom. The lowest BCUT2D eigenvalue weighted by molar-refractivity contribution is 0.0822. The van der Waals surface area contributed by atoms with Crippen molar-refractivity contribution in [2.24, 2.45) is 5.92 Å². The van der Waals surface area contributed by atoms with Crippen LogP contribution in [0, 0.1) is 17.2 Å². The van der Waals surface area contributed by atoms with Gasteiger partial charge in [0.2, 0.25) is 0 Å². The van der Waals surface area contributed by atoms with Crippen molar-refractivity contribution >= 4 is 22.6 Å². The minimum Gasteiger partial charge on any atom is -0.371 e. The average molecular weight is 456 g/mol. The van der Waals surface area contributed by atoms with Gasteiger partial charge in [0, 0.05) is 68.3 Å². The number of carbonyl (C=O) groups is 1. The fourth-order valence-electron chi connectivity index (χ4n) is 4.61. The summed E-state index contributed by atoms with van der Waals surface area (Å²) in [6.45, 7) is 1.62. The maximum absolute atomic E-state index is 12.3. The number of aromatic amines is 1. The van der Waals surface area contributed by atoms with Crippen molar-refractivity contribution in [2.75, 3.05) is 32.1 Å². The Bertz CT molecular complexity index is 1370. The van der Waals surface area contributed by atoms with Crippen molar-refractivity contribution in [1.29, 1.82) is 5.26 Å². The summed E-state index contributed by atoms with van der Waals surface area (Å²) in [4.78, 5) is 32.1. The highest BCUT2D eigenvalue weighted by atomic mass is 16.2. The van der Waals surface area contributed by atoms with Crippen LogP contribution in [0.2, 0.25) is 0 Å². The molecule has 0 bridgehead atoms. The molecule has 10 heteroatoms. The van der Waals surface area contributed by atoms with Crippen molar-refractivity contribution in [3.8, 4) is 17.3 Å². The van der Waals surface area contributed by atoms with Gasteiger partial charge in [-0.25, -0.2) is 9.97 Å². The van der Waals surface area contributed by atoms with Crippen LogP contribution in [0.1, 0.15) is 29.4 Å². The molecule has 2 atom stereocenters. The fourth-order valence-corrected chi connectivity index (χ4v) is 4.61. The third kappa shape index (κ3) is 3.96. The molecule has 10 nitrogen and oxygen atoms in total. The highest BCUT2D eigenvalue weighted by Crippen LogP contribution is 2.34. The highest BCUT2D eigenvalue weighted by Gasteiger charge is 2.32. The Hall–Kier alpha value is -4.26. The monoisotopic (exact) mass is 455 g/mol. The zero-order valence-electron chi connectivity index (χ0n) is 19.1. The number of fused-ring (bicyclic) bond motifs is 1. The van der Waals surface area contributed by atoms with Crippen molar-refractivity contribution in [2.45, 2.75) is 18.9 Å². The zero-order chi connectivity index (χ0) is 23.7. The molecule has 4 aromatic heterocycles. The minimum atomic E-state index is -0.120. The molecule has 5 rings (SSSR count). The van der Waals surface area contributed by atoms with E-state index in [9.17, 15) is 10.1 Å². The van der Waals surface area contributed by atoms with Gasteiger partial charge in [0.25, 0.3) is 5.91 Å². The van der Waals surface area contributed by atoms with Gasteiger partial charge in [-0.15, -0.1) is 0 Å². The lowest BCUT2D eigenvalue weighted by Gasteiger charge is -2.23. The molecule has 0 radical (unpaired) electrons. The third-order valence-electron chi connectivity index (χ3n) is 6.37. The molecule has 1 N–H and O–H groups in total. The summed E-state index contributed by atoms with van der Waals surface area (Å²) < 4.78 is 1.90. The number of anilines is 1. The van der Waals surface area contributed by atoms with Crippen LogP contribution in [0.15, 0.2) is 49.3 Å². The number of hydrogen-bond acceptors (Lipinski definition) is 7. The molecule has 0 spiro atoms. The third-order valence-corrected chi connectivity index (χ3v) is 6.37. The van der Waals surface area contributed by atoms with E-state index in [0.717, 1.165) is 47.5 Å². The predicted octanol–water partition coefficient (Wildman–Crippen LogP) is 2.90. The predicted molar refractivity (Wildman–Crippen MR) is 127 cm³/mol. The van der Waals surface area contributed by atoms with Crippen LogP contribution >= 0.6 is 0 Å². The van der Waals surface area contributed by atoms with Gasteiger partial charge < -0.3 is 14.8 Å². The molecule has 5 heterocycles. The second-order valence-corrected chi connectivity index (χ2v) is 8.69. The second kappa shape index (κ2) is 8.94. The quantitative estimate of drug-likeness (QED) is 0.475. The largest absolute Gasteiger partial charge is 0.371 e. The number of nitrogens with one attached hydrogen (secondary N) is 1. The first-order chi connectivity index (χ1) is 16.5. The molecule has 1 fully saturated rings. The second-order valence-electron chi connectivity index (χ2n) is 8.69. The van der Waals surface area contributed by atoms with Crippen LogP contribution in [0.5, 0.6) is 0 Å². The lowest BCUT2D eigenvalue weighted by atomic mass is 9.96. The Morgan fingerprint density at radius 3 is 3.03 bits per heavy atom. The smallest absolute Gasteiger partial charge is 0.272 e. The van der Waals surface area contributed by atoms with Crippen LogP contribution < -0.4 is 4.90 Å². The number of nitriles is 1. The van der Waals surface area contributed by atoms with Crippen molar-refractivity contribution < 1.29 is 4.79 Å². The number of H-pyrrole nitrogens is 1. The Labute approximate surface area is 196 Å². The Kier molecular flexibility index (Phi) is 5.67.